The van der Waals surface area contributed by atoms with E-state index in [2.05, 4.69) is 25.7 Å². The number of benzene rings is 2. The Morgan fingerprint density at radius 3 is 2.44 bits per heavy atom. The lowest BCUT2D eigenvalue weighted by molar-refractivity contribution is -0.136. The second-order valence-electron chi connectivity index (χ2n) is 16.4. The molecule has 2 aromatic heterocycles. The maximum absolute atomic E-state index is 14.7. The summed E-state index contributed by atoms with van der Waals surface area (Å²) in [5, 5.41) is 17.6. The number of fused-ring (bicyclic) bond motifs is 3. The molecule has 324 valence electrons. The van der Waals surface area contributed by atoms with Gasteiger partial charge in [-0.1, -0.05) is 0 Å². The molecule has 2 saturated heterocycles. The summed E-state index contributed by atoms with van der Waals surface area (Å²) in [6.07, 6.45) is 4.29. The third-order valence-electron chi connectivity index (χ3n) is 12.7. The van der Waals surface area contributed by atoms with Gasteiger partial charge >= 0.3 is 6.03 Å². The average molecular weight is 852 g/mol. The van der Waals surface area contributed by atoms with E-state index in [1.54, 1.807) is 54.3 Å². The van der Waals surface area contributed by atoms with E-state index in [0.717, 1.165) is 34.6 Å². The fraction of sp³-hybridized carbons (Fsp3) is 0.442. The molecule has 0 radical (unpaired) electrons. The SMILES string of the molecule is CNC(=O)N1CCc2c(c(N3CCCc4cc(-c5cnn(C)c5)c(C(F)F)cc43)nn2C2CCN(C(=O)CCNc3ccc4c(c3)C(=O)N(C3CCC(=O)NC3=O)C4=O)CC2)C1. The summed E-state index contributed by atoms with van der Waals surface area (Å²) < 4.78 is 33.1. The van der Waals surface area contributed by atoms with Crippen LogP contribution < -0.4 is 20.9 Å². The molecule has 1 atom stereocenters. The molecule has 0 saturated carbocycles. The largest absolute Gasteiger partial charge is 0.385 e. The minimum atomic E-state index is -2.71. The molecule has 7 heterocycles. The smallest absolute Gasteiger partial charge is 0.317 e. The highest BCUT2D eigenvalue weighted by molar-refractivity contribution is 6.23. The molecule has 4 aromatic rings. The summed E-state index contributed by atoms with van der Waals surface area (Å²) in [5.41, 5.74) is 5.43. The summed E-state index contributed by atoms with van der Waals surface area (Å²) in [6, 6.07) is 6.89. The molecule has 62 heavy (non-hydrogen) atoms. The third-order valence-corrected chi connectivity index (χ3v) is 12.7. The van der Waals surface area contributed by atoms with Crippen LogP contribution in [0.2, 0.25) is 0 Å². The van der Waals surface area contributed by atoms with Gasteiger partial charge < -0.3 is 25.3 Å². The minimum Gasteiger partial charge on any atom is -0.385 e. The number of piperidine rings is 2. The zero-order valence-corrected chi connectivity index (χ0v) is 34.5. The number of rotatable bonds is 9. The molecule has 0 aliphatic carbocycles. The number of carbonyl (C=O) groups is 6. The van der Waals surface area contributed by atoms with Crippen LogP contribution >= 0.6 is 0 Å². The minimum absolute atomic E-state index is 0.0218. The van der Waals surface area contributed by atoms with Crippen molar-refractivity contribution >= 4 is 52.8 Å². The van der Waals surface area contributed by atoms with Crippen LogP contribution in [-0.2, 0) is 40.8 Å². The highest BCUT2D eigenvalue weighted by atomic mass is 19.3. The number of anilines is 3. The number of nitrogens with zero attached hydrogens (tertiary/aromatic N) is 8. The number of nitrogens with one attached hydrogen (secondary N) is 3. The summed E-state index contributed by atoms with van der Waals surface area (Å²) in [7, 11) is 3.35. The summed E-state index contributed by atoms with van der Waals surface area (Å²) in [5.74, 6) is -1.68. The Bertz CT molecular complexity index is 2510. The first-order chi connectivity index (χ1) is 29.9. The monoisotopic (exact) mass is 851 g/mol. The number of hydrogen-bond acceptors (Lipinski definition) is 10. The van der Waals surface area contributed by atoms with Crippen molar-refractivity contribution in [2.75, 3.05) is 50.0 Å². The summed E-state index contributed by atoms with van der Waals surface area (Å²) in [4.78, 5) is 83.2. The number of aromatic nitrogens is 4. The van der Waals surface area contributed by atoms with Gasteiger partial charge in [-0.05, 0) is 73.6 Å². The first-order valence-electron chi connectivity index (χ1n) is 21.1. The molecule has 2 aromatic carbocycles. The van der Waals surface area contributed by atoms with Crippen LogP contribution in [0.3, 0.4) is 0 Å². The van der Waals surface area contributed by atoms with Crippen LogP contribution in [0.4, 0.5) is 30.8 Å². The number of amides is 7. The van der Waals surface area contributed by atoms with Gasteiger partial charge in [-0.15, -0.1) is 0 Å². The van der Waals surface area contributed by atoms with Gasteiger partial charge in [-0.25, -0.2) is 13.6 Å². The van der Waals surface area contributed by atoms with E-state index in [0.29, 0.717) is 80.3 Å². The fourth-order valence-electron chi connectivity index (χ4n) is 9.55. The standard InChI is InChI=1S/C43H47F2N11O6/c1-46-43(62)53-17-12-33-32(23-53)39(54-14-3-4-24-18-29(25-21-48-51(2)22-25)30(38(44)45)20-35(24)54)50-56(33)27-10-15-52(16-11-27)37(58)9-13-47-26-5-6-28-31(19-26)42(61)55(41(28)60)34-7-8-36(57)49-40(34)59/h5-6,18-22,27,34,38,47H,3-4,7-17,23H2,1-2H3,(H,46,62)(H,49,57,59). The molecule has 1 unspecified atom stereocenters. The predicted octanol–water partition coefficient (Wildman–Crippen LogP) is 4.07. The van der Waals surface area contributed by atoms with E-state index in [4.69, 9.17) is 5.10 Å². The number of carbonyl (C=O) groups excluding carboxylic acids is 6. The van der Waals surface area contributed by atoms with Crippen molar-refractivity contribution < 1.29 is 37.5 Å². The number of likely N-dealkylation sites (tertiary alicyclic amines) is 1. The Hall–Kier alpha value is -6.66. The van der Waals surface area contributed by atoms with Crippen LogP contribution in [0.15, 0.2) is 42.7 Å². The molecule has 17 nitrogen and oxygen atoms in total. The van der Waals surface area contributed by atoms with E-state index in [-0.39, 0.29) is 60.5 Å². The fourth-order valence-corrected chi connectivity index (χ4v) is 9.55. The van der Waals surface area contributed by atoms with Crippen LogP contribution in [0, 0.1) is 0 Å². The second kappa shape index (κ2) is 16.3. The summed E-state index contributed by atoms with van der Waals surface area (Å²) >= 11 is 0. The quantitative estimate of drug-likeness (QED) is 0.207. The van der Waals surface area contributed by atoms with Crippen LogP contribution in [0.1, 0.15) is 94.1 Å². The molecule has 5 aliphatic heterocycles. The first-order valence-corrected chi connectivity index (χ1v) is 21.1. The second-order valence-corrected chi connectivity index (χ2v) is 16.4. The number of imide groups is 2. The predicted molar refractivity (Wildman–Crippen MR) is 221 cm³/mol. The van der Waals surface area contributed by atoms with Crippen molar-refractivity contribution in [3.05, 3.63) is 76.2 Å². The highest BCUT2D eigenvalue weighted by Crippen LogP contribution is 2.44. The van der Waals surface area contributed by atoms with Crippen molar-refractivity contribution in [3.63, 3.8) is 0 Å². The van der Waals surface area contributed by atoms with Crippen molar-refractivity contribution in [3.8, 4) is 11.1 Å². The number of alkyl halides is 2. The van der Waals surface area contributed by atoms with Crippen LogP contribution in [0.5, 0.6) is 0 Å². The Labute approximate surface area is 355 Å². The number of urea groups is 1. The van der Waals surface area contributed by atoms with Crippen molar-refractivity contribution in [1.82, 2.24) is 44.9 Å². The van der Waals surface area contributed by atoms with Crippen molar-refractivity contribution in [2.24, 2.45) is 7.05 Å². The van der Waals surface area contributed by atoms with Gasteiger partial charge in [-0.2, -0.15) is 10.2 Å². The van der Waals surface area contributed by atoms with Gasteiger partial charge in [0, 0.05) is 106 Å². The van der Waals surface area contributed by atoms with Gasteiger partial charge in [-0.3, -0.25) is 43.6 Å². The van der Waals surface area contributed by atoms with E-state index < -0.39 is 36.1 Å². The van der Waals surface area contributed by atoms with Crippen LogP contribution in [-0.4, -0.2) is 116 Å². The number of halogens is 2. The molecular weight excluding hydrogens is 805 g/mol. The first kappa shape index (κ1) is 40.7. The Morgan fingerprint density at radius 1 is 0.919 bits per heavy atom. The van der Waals surface area contributed by atoms with E-state index in [9.17, 15) is 37.5 Å². The van der Waals surface area contributed by atoms with Gasteiger partial charge in [0.25, 0.3) is 18.2 Å². The van der Waals surface area contributed by atoms with Gasteiger partial charge in [0.15, 0.2) is 5.82 Å². The lowest BCUT2D eigenvalue weighted by atomic mass is 9.92. The lowest BCUT2D eigenvalue weighted by Crippen LogP contribution is -2.54. The third kappa shape index (κ3) is 7.31. The van der Waals surface area contributed by atoms with Gasteiger partial charge in [0.05, 0.1) is 29.9 Å². The molecule has 2 fully saturated rings. The Morgan fingerprint density at radius 2 is 1.71 bits per heavy atom. The molecule has 0 spiro atoms. The molecule has 3 N–H and O–H groups in total. The molecule has 7 amide bonds. The maximum Gasteiger partial charge on any atom is 0.317 e. The summed E-state index contributed by atoms with van der Waals surface area (Å²) in [6.45, 7) is 2.68. The number of aryl methyl sites for hydroxylation is 2. The zero-order chi connectivity index (χ0) is 43.4. The van der Waals surface area contributed by atoms with E-state index in [1.165, 1.54) is 6.07 Å². The van der Waals surface area contributed by atoms with E-state index >= 15 is 0 Å². The molecule has 9 rings (SSSR count). The average Bonchev–Trinajstić information content (AvgIpc) is 3.95. The molecule has 19 heteroatoms. The Kier molecular flexibility index (Phi) is 10.7. The van der Waals surface area contributed by atoms with Crippen LogP contribution in [0.25, 0.3) is 11.1 Å². The lowest BCUT2D eigenvalue weighted by Gasteiger charge is -2.34. The normalized spacial score (nSPS) is 19.1. The van der Waals surface area contributed by atoms with Crippen molar-refractivity contribution in [2.45, 2.75) is 76.4 Å². The number of hydrogen-bond donors (Lipinski definition) is 3. The molecule has 5 aliphatic rings. The highest BCUT2D eigenvalue weighted by Gasteiger charge is 2.45. The van der Waals surface area contributed by atoms with Gasteiger partial charge in [0.1, 0.15) is 6.04 Å². The molecule has 0 bridgehead atoms. The van der Waals surface area contributed by atoms with Gasteiger partial charge in [0.2, 0.25) is 17.7 Å². The van der Waals surface area contributed by atoms with E-state index in [1.807, 2.05) is 15.9 Å². The zero-order valence-electron chi connectivity index (χ0n) is 34.5. The molecular formula is C43H47F2N11O6. The topological polar surface area (TPSA) is 187 Å². The Balaban J connectivity index is 0.880. The maximum atomic E-state index is 14.7. The van der Waals surface area contributed by atoms with Crippen molar-refractivity contribution in [1.29, 1.82) is 0 Å².